The first-order chi connectivity index (χ1) is 15.0. The van der Waals surface area contributed by atoms with Crippen LogP contribution in [0.2, 0.25) is 0 Å². The highest BCUT2D eigenvalue weighted by Gasteiger charge is 2.14. The minimum Gasteiger partial charge on any atom is -0.348 e. The summed E-state index contributed by atoms with van der Waals surface area (Å²) in [5, 5.41) is 5.58. The van der Waals surface area contributed by atoms with E-state index in [2.05, 4.69) is 25.6 Å². The van der Waals surface area contributed by atoms with Gasteiger partial charge in [0.25, 0.3) is 18.2 Å². The van der Waals surface area contributed by atoms with Crippen molar-refractivity contribution >= 4 is 28.5 Å². The molecule has 0 aliphatic carbocycles. The number of H-pyrrole nitrogens is 1. The fourth-order valence-corrected chi connectivity index (χ4v) is 3.02. The number of hydrogen-bond acceptors (Lipinski definition) is 4. The van der Waals surface area contributed by atoms with Crippen LogP contribution in [-0.2, 0) is 6.54 Å². The van der Waals surface area contributed by atoms with Crippen LogP contribution in [0.4, 0.5) is 14.5 Å². The van der Waals surface area contributed by atoms with Gasteiger partial charge in [0.2, 0.25) is 0 Å². The molecule has 31 heavy (non-hydrogen) atoms. The van der Waals surface area contributed by atoms with Crippen LogP contribution in [0.5, 0.6) is 0 Å². The van der Waals surface area contributed by atoms with Gasteiger partial charge in [-0.1, -0.05) is 12.1 Å². The summed E-state index contributed by atoms with van der Waals surface area (Å²) in [6.45, 7) is 0.223. The number of imidazole rings is 1. The van der Waals surface area contributed by atoms with Gasteiger partial charge in [0, 0.05) is 35.8 Å². The van der Waals surface area contributed by atoms with Crippen molar-refractivity contribution in [2.45, 2.75) is 13.0 Å². The minimum atomic E-state index is -2.71. The van der Waals surface area contributed by atoms with E-state index in [1.54, 1.807) is 30.3 Å². The van der Waals surface area contributed by atoms with Crippen LogP contribution in [-0.4, -0.2) is 26.8 Å². The topological polar surface area (TPSA) is 99.8 Å². The van der Waals surface area contributed by atoms with Crippen LogP contribution in [0.1, 0.15) is 38.5 Å². The lowest BCUT2D eigenvalue weighted by Crippen LogP contribution is -2.22. The smallest absolute Gasteiger partial charge is 0.295 e. The lowest BCUT2D eigenvalue weighted by atomic mass is 10.1. The molecule has 0 unspecified atom stereocenters. The SMILES string of the molecule is O=C(NCc1cccc(NC(=O)c2ccncc2)c1)c1ccc2nc(C(F)F)[nH]c2c1. The maximum atomic E-state index is 12.8. The zero-order chi connectivity index (χ0) is 21.8. The Morgan fingerprint density at radius 2 is 1.77 bits per heavy atom. The fourth-order valence-electron chi connectivity index (χ4n) is 3.02. The molecule has 2 amide bonds. The van der Waals surface area contributed by atoms with Crippen LogP contribution in [0.25, 0.3) is 11.0 Å². The van der Waals surface area contributed by atoms with Gasteiger partial charge in [-0.3, -0.25) is 14.6 Å². The lowest BCUT2D eigenvalue weighted by Gasteiger charge is -2.09. The summed E-state index contributed by atoms with van der Waals surface area (Å²) in [4.78, 5) is 34.9. The van der Waals surface area contributed by atoms with Gasteiger partial charge in [-0.25, -0.2) is 13.8 Å². The van der Waals surface area contributed by atoms with E-state index in [0.29, 0.717) is 27.8 Å². The van der Waals surface area contributed by atoms with E-state index in [1.807, 2.05) is 6.07 Å². The number of benzene rings is 2. The molecule has 2 heterocycles. The average Bonchev–Trinajstić information content (AvgIpc) is 3.22. The van der Waals surface area contributed by atoms with E-state index in [0.717, 1.165) is 5.56 Å². The van der Waals surface area contributed by atoms with Crippen LogP contribution < -0.4 is 10.6 Å². The van der Waals surface area contributed by atoms with Gasteiger partial charge in [-0.05, 0) is 48.0 Å². The highest BCUT2D eigenvalue weighted by molar-refractivity contribution is 6.04. The van der Waals surface area contributed by atoms with Gasteiger partial charge in [-0.15, -0.1) is 0 Å². The Hall–Kier alpha value is -4.14. The molecule has 0 spiro atoms. The summed E-state index contributed by atoms with van der Waals surface area (Å²) >= 11 is 0. The third kappa shape index (κ3) is 4.72. The third-order valence-electron chi connectivity index (χ3n) is 4.55. The standard InChI is InChI=1S/C22H17F2N5O2/c23-19(24)20-28-17-5-4-15(11-18(17)29-20)21(30)26-12-13-2-1-3-16(10-13)27-22(31)14-6-8-25-9-7-14/h1-11,19H,12H2,(H,26,30)(H,27,31)(H,28,29). The molecule has 4 aromatic rings. The molecule has 7 nitrogen and oxygen atoms in total. The summed E-state index contributed by atoms with van der Waals surface area (Å²) < 4.78 is 25.6. The molecule has 3 N–H and O–H groups in total. The van der Waals surface area contributed by atoms with E-state index in [9.17, 15) is 18.4 Å². The Kier molecular flexibility index (Phi) is 5.65. The van der Waals surface area contributed by atoms with Gasteiger partial charge < -0.3 is 15.6 Å². The van der Waals surface area contributed by atoms with E-state index >= 15 is 0 Å². The molecule has 2 aromatic carbocycles. The number of aromatic nitrogens is 3. The second kappa shape index (κ2) is 8.70. The molecule has 9 heteroatoms. The first-order valence-electron chi connectivity index (χ1n) is 9.36. The van der Waals surface area contributed by atoms with E-state index in [-0.39, 0.29) is 18.4 Å². The van der Waals surface area contributed by atoms with Crippen molar-refractivity contribution in [1.29, 1.82) is 0 Å². The van der Waals surface area contributed by atoms with Gasteiger partial charge in [-0.2, -0.15) is 0 Å². The Balaban J connectivity index is 1.41. The molecule has 2 aromatic heterocycles. The molecule has 0 bridgehead atoms. The molecular formula is C22H17F2N5O2. The number of hydrogen-bond donors (Lipinski definition) is 3. The normalized spacial score (nSPS) is 10.9. The molecule has 0 radical (unpaired) electrons. The zero-order valence-corrected chi connectivity index (χ0v) is 16.1. The number of amides is 2. The number of nitrogens with one attached hydrogen (secondary N) is 3. The maximum Gasteiger partial charge on any atom is 0.295 e. The fraction of sp³-hybridized carbons (Fsp3) is 0.0909. The Morgan fingerprint density at radius 1 is 0.968 bits per heavy atom. The van der Waals surface area contributed by atoms with Crippen LogP contribution in [0, 0.1) is 0 Å². The zero-order valence-electron chi connectivity index (χ0n) is 16.1. The first kappa shape index (κ1) is 20.1. The lowest BCUT2D eigenvalue weighted by molar-refractivity contribution is 0.0950. The third-order valence-corrected chi connectivity index (χ3v) is 4.55. The average molecular weight is 421 g/mol. The number of carbonyl (C=O) groups is 2. The maximum absolute atomic E-state index is 12.8. The van der Waals surface area contributed by atoms with Crippen molar-refractivity contribution in [2.75, 3.05) is 5.32 Å². The van der Waals surface area contributed by atoms with Gasteiger partial charge >= 0.3 is 0 Å². The van der Waals surface area contributed by atoms with Gasteiger partial charge in [0.05, 0.1) is 11.0 Å². The van der Waals surface area contributed by atoms with Crippen molar-refractivity contribution in [1.82, 2.24) is 20.3 Å². The van der Waals surface area contributed by atoms with Crippen molar-refractivity contribution < 1.29 is 18.4 Å². The molecule has 156 valence electrons. The van der Waals surface area contributed by atoms with Gasteiger partial charge in [0.15, 0.2) is 5.82 Å². The van der Waals surface area contributed by atoms with Crippen molar-refractivity contribution in [3.05, 3.63) is 89.5 Å². The Morgan fingerprint density at radius 3 is 2.55 bits per heavy atom. The molecule has 0 atom stereocenters. The van der Waals surface area contributed by atoms with E-state index < -0.39 is 12.2 Å². The number of pyridine rings is 1. The van der Waals surface area contributed by atoms with Crippen LogP contribution >= 0.6 is 0 Å². The number of carbonyl (C=O) groups excluding carboxylic acids is 2. The largest absolute Gasteiger partial charge is 0.348 e. The second-order valence-electron chi connectivity index (χ2n) is 6.73. The number of fused-ring (bicyclic) bond motifs is 1. The summed E-state index contributed by atoms with van der Waals surface area (Å²) in [5.74, 6) is -1.06. The Bertz CT molecular complexity index is 1240. The predicted molar refractivity (Wildman–Crippen MR) is 111 cm³/mol. The number of halogens is 2. The molecule has 0 fully saturated rings. The summed E-state index contributed by atoms with van der Waals surface area (Å²) in [7, 11) is 0. The summed E-state index contributed by atoms with van der Waals surface area (Å²) in [5.41, 5.74) is 2.90. The first-order valence-corrected chi connectivity index (χ1v) is 9.36. The number of alkyl halides is 2. The van der Waals surface area contributed by atoms with Crippen molar-refractivity contribution in [3.63, 3.8) is 0 Å². The van der Waals surface area contributed by atoms with E-state index in [1.165, 1.54) is 30.6 Å². The predicted octanol–water partition coefficient (Wildman–Crippen LogP) is 4.08. The highest BCUT2D eigenvalue weighted by atomic mass is 19.3. The van der Waals surface area contributed by atoms with Crippen LogP contribution in [0.3, 0.4) is 0 Å². The number of nitrogens with zero attached hydrogens (tertiary/aromatic N) is 2. The second-order valence-corrected chi connectivity index (χ2v) is 6.73. The number of aromatic amines is 1. The molecule has 0 aliphatic rings. The molecule has 0 saturated carbocycles. The minimum absolute atomic E-state index is 0.223. The molecule has 0 saturated heterocycles. The number of anilines is 1. The van der Waals surface area contributed by atoms with Crippen molar-refractivity contribution in [2.24, 2.45) is 0 Å². The Labute approximate surface area is 175 Å². The van der Waals surface area contributed by atoms with Crippen LogP contribution in [0.15, 0.2) is 67.0 Å². The summed E-state index contributed by atoms with van der Waals surface area (Å²) in [6.07, 6.45) is 0.363. The molecule has 0 aliphatic heterocycles. The van der Waals surface area contributed by atoms with Gasteiger partial charge in [0.1, 0.15) is 0 Å². The highest BCUT2D eigenvalue weighted by Crippen LogP contribution is 2.20. The van der Waals surface area contributed by atoms with Crippen molar-refractivity contribution in [3.8, 4) is 0 Å². The molecule has 4 rings (SSSR count). The molecular weight excluding hydrogens is 404 g/mol. The summed E-state index contributed by atoms with van der Waals surface area (Å²) in [6, 6.07) is 14.8. The number of rotatable bonds is 6. The van der Waals surface area contributed by atoms with E-state index in [4.69, 9.17) is 0 Å². The quantitative estimate of drug-likeness (QED) is 0.437. The monoisotopic (exact) mass is 421 g/mol.